The Morgan fingerprint density at radius 2 is 1.32 bits per heavy atom. The molecule has 2 nitrogen and oxygen atoms in total. The van der Waals surface area contributed by atoms with Crippen LogP contribution >= 0.6 is 0 Å². The third-order valence-electron chi connectivity index (χ3n) is 4.11. The molecule has 4 aromatic rings. The highest BCUT2D eigenvalue weighted by Crippen LogP contribution is 2.42. The Bertz CT molecular complexity index is 1000. The van der Waals surface area contributed by atoms with Crippen molar-refractivity contribution in [3.05, 3.63) is 72.8 Å². The molecule has 0 aliphatic carbocycles. The zero-order valence-electron chi connectivity index (χ0n) is 12.0. The summed E-state index contributed by atoms with van der Waals surface area (Å²) in [6.07, 6.45) is 0. The zero-order chi connectivity index (χ0) is 15.1. The van der Waals surface area contributed by atoms with Crippen molar-refractivity contribution in [2.75, 3.05) is 5.73 Å². The summed E-state index contributed by atoms with van der Waals surface area (Å²) in [6, 6.07) is 24.1. The molecular formula is C20H15NO. The summed E-state index contributed by atoms with van der Waals surface area (Å²) >= 11 is 0. The number of nitrogens with two attached hydrogens (primary N) is 1. The van der Waals surface area contributed by atoms with Crippen molar-refractivity contribution in [1.82, 2.24) is 0 Å². The van der Waals surface area contributed by atoms with Gasteiger partial charge in [0.1, 0.15) is 5.75 Å². The highest BCUT2D eigenvalue weighted by atomic mass is 16.3. The molecule has 0 heterocycles. The minimum atomic E-state index is 0.148. The predicted octanol–water partition coefficient (Wildman–Crippen LogP) is 4.95. The van der Waals surface area contributed by atoms with Gasteiger partial charge in [-0.1, -0.05) is 66.7 Å². The Morgan fingerprint density at radius 3 is 2.14 bits per heavy atom. The summed E-state index contributed by atoms with van der Waals surface area (Å²) in [5.74, 6) is 0.148. The summed E-state index contributed by atoms with van der Waals surface area (Å²) < 4.78 is 0. The van der Waals surface area contributed by atoms with Gasteiger partial charge >= 0.3 is 0 Å². The van der Waals surface area contributed by atoms with Crippen molar-refractivity contribution < 1.29 is 5.11 Å². The number of rotatable bonds is 1. The van der Waals surface area contributed by atoms with Crippen molar-refractivity contribution in [3.8, 4) is 16.9 Å². The lowest BCUT2D eigenvalue weighted by Crippen LogP contribution is -1.91. The van der Waals surface area contributed by atoms with Gasteiger partial charge in [0.15, 0.2) is 0 Å². The number of benzene rings is 4. The highest BCUT2D eigenvalue weighted by Gasteiger charge is 2.14. The Hall–Kier alpha value is -3.00. The molecule has 0 aromatic heterocycles. The molecule has 0 fully saturated rings. The van der Waals surface area contributed by atoms with E-state index in [4.69, 9.17) is 5.73 Å². The highest BCUT2D eigenvalue weighted by molar-refractivity contribution is 6.09. The van der Waals surface area contributed by atoms with Crippen LogP contribution in [0.3, 0.4) is 0 Å². The van der Waals surface area contributed by atoms with E-state index < -0.39 is 0 Å². The minimum absolute atomic E-state index is 0.148. The van der Waals surface area contributed by atoms with Gasteiger partial charge in [-0.3, -0.25) is 0 Å². The molecule has 0 aliphatic heterocycles. The van der Waals surface area contributed by atoms with Crippen LogP contribution in [0.4, 0.5) is 5.69 Å². The smallest absolute Gasteiger partial charge is 0.146 e. The fourth-order valence-corrected chi connectivity index (χ4v) is 3.07. The van der Waals surface area contributed by atoms with Crippen LogP contribution in [0.15, 0.2) is 72.8 Å². The molecule has 3 N–H and O–H groups in total. The predicted molar refractivity (Wildman–Crippen MR) is 93.0 cm³/mol. The molecule has 0 saturated carbocycles. The van der Waals surface area contributed by atoms with E-state index in [1.54, 1.807) is 0 Å². The third kappa shape index (κ3) is 1.81. The van der Waals surface area contributed by atoms with Crippen molar-refractivity contribution in [2.45, 2.75) is 0 Å². The van der Waals surface area contributed by atoms with Crippen molar-refractivity contribution in [1.29, 1.82) is 0 Å². The summed E-state index contributed by atoms with van der Waals surface area (Å²) in [5, 5.41) is 14.9. The maximum Gasteiger partial charge on any atom is 0.146 e. The van der Waals surface area contributed by atoms with Gasteiger partial charge in [0, 0.05) is 5.56 Å². The van der Waals surface area contributed by atoms with Crippen LogP contribution in [0.5, 0.6) is 5.75 Å². The lowest BCUT2D eigenvalue weighted by Gasteiger charge is -2.14. The first kappa shape index (κ1) is 12.7. The number of hydrogen-bond donors (Lipinski definition) is 2. The van der Waals surface area contributed by atoms with Gasteiger partial charge in [-0.05, 0) is 33.2 Å². The maximum absolute atomic E-state index is 10.6. The summed E-state index contributed by atoms with van der Waals surface area (Å²) in [5.41, 5.74) is 8.22. The molecule has 0 aliphatic rings. The molecule has 0 spiro atoms. The molecule has 0 bridgehead atoms. The topological polar surface area (TPSA) is 46.2 Å². The molecule has 4 aromatic carbocycles. The number of anilines is 1. The second-order valence-corrected chi connectivity index (χ2v) is 5.44. The number of phenols is 1. The number of aromatic hydroxyl groups is 1. The van der Waals surface area contributed by atoms with E-state index in [2.05, 4.69) is 18.2 Å². The van der Waals surface area contributed by atoms with Crippen molar-refractivity contribution in [3.63, 3.8) is 0 Å². The van der Waals surface area contributed by atoms with Crippen LogP contribution in [-0.2, 0) is 0 Å². The number of hydrogen-bond acceptors (Lipinski definition) is 2. The third-order valence-corrected chi connectivity index (χ3v) is 4.11. The zero-order valence-corrected chi connectivity index (χ0v) is 12.0. The Morgan fingerprint density at radius 1 is 0.682 bits per heavy atom. The standard InChI is InChI=1S/C20H15NO/c21-18-12-14-7-2-4-10-16(14)19(20(18)22)17-11-5-8-13-6-1-3-9-15(13)17/h1-12,22H,21H2. The Labute approximate surface area is 128 Å². The normalized spacial score (nSPS) is 11.1. The molecule has 22 heavy (non-hydrogen) atoms. The van der Waals surface area contributed by atoms with Crippen LogP contribution in [0.25, 0.3) is 32.7 Å². The SMILES string of the molecule is Nc1cc2ccccc2c(-c2cccc3ccccc23)c1O. The largest absolute Gasteiger partial charge is 0.505 e. The van der Waals surface area contributed by atoms with Crippen LogP contribution in [0, 0.1) is 0 Å². The van der Waals surface area contributed by atoms with Gasteiger partial charge < -0.3 is 10.8 Å². The second-order valence-electron chi connectivity index (χ2n) is 5.44. The van der Waals surface area contributed by atoms with E-state index in [0.29, 0.717) is 5.69 Å². The molecule has 0 atom stereocenters. The van der Waals surface area contributed by atoms with Crippen molar-refractivity contribution in [2.24, 2.45) is 0 Å². The average molecular weight is 285 g/mol. The van der Waals surface area contributed by atoms with Gasteiger partial charge in [-0.25, -0.2) is 0 Å². The first-order chi connectivity index (χ1) is 10.8. The van der Waals surface area contributed by atoms with E-state index in [1.165, 1.54) is 0 Å². The van der Waals surface area contributed by atoms with Gasteiger partial charge in [0.05, 0.1) is 5.69 Å². The molecular weight excluding hydrogens is 270 g/mol. The van der Waals surface area contributed by atoms with Crippen LogP contribution in [-0.4, -0.2) is 5.11 Å². The molecule has 0 radical (unpaired) electrons. The van der Waals surface area contributed by atoms with E-state index in [-0.39, 0.29) is 5.75 Å². The monoisotopic (exact) mass is 285 g/mol. The maximum atomic E-state index is 10.6. The Balaban J connectivity index is 2.19. The lowest BCUT2D eigenvalue weighted by atomic mass is 9.92. The summed E-state index contributed by atoms with van der Waals surface area (Å²) in [7, 11) is 0. The lowest BCUT2D eigenvalue weighted by molar-refractivity contribution is 0.481. The van der Waals surface area contributed by atoms with Gasteiger partial charge in [-0.2, -0.15) is 0 Å². The summed E-state index contributed by atoms with van der Waals surface area (Å²) in [6.45, 7) is 0. The molecule has 106 valence electrons. The van der Waals surface area contributed by atoms with E-state index in [9.17, 15) is 5.11 Å². The average Bonchev–Trinajstić information content (AvgIpc) is 2.56. The molecule has 0 saturated heterocycles. The minimum Gasteiger partial charge on any atom is -0.505 e. The van der Waals surface area contributed by atoms with E-state index in [0.717, 1.165) is 32.7 Å². The quantitative estimate of drug-likeness (QED) is 0.384. The number of phenolic OH excluding ortho intramolecular Hbond substituents is 1. The summed E-state index contributed by atoms with van der Waals surface area (Å²) in [4.78, 5) is 0. The molecule has 4 rings (SSSR count). The molecule has 0 amide bonds. The van der Waals surface area contributed by atoms with E-state index >= 15 is 0 Å². The number of nitrogen functional groups attached to an aromatic ring is 1. The fourth-order valence-electron chi connectivity index (χ4n) is 3.07. The number of fused-ring (bicyclic) bond motifs is 2. The van der Waals surface area contributed by atoms with Gasteiger partial charge in [0.25, 0.3) is 0 Å². The molecule has 2 heteroatoms. The van der Waals surface area contributed by atoms with Crippen LogP contribution in [0.2, 0.25) is 0 Å². The molecule has 0 unspecified atom stereocenters. The van der Waals surface area contributed by atoms with Crippen LogP contribution in [0.1, 0.15) is 0 Å². The Kier molecular flexibility index (Phi) is 2.76. The fraction of sp³-hybridized carbons (Fsp3) is 0. The van der Waals surface area contributed by atoms with Crippen molar-refractivity contribution >= 4 is 27.2 Å². The van der Waals surface area contributed by atoms with Gasteiger partial charge in [-0.15, -0.1) is 0 Å². The first-order valence-electron chi connectivity index (χ1n) is 7.24. The first-order valence-corrected chi connectivity index (χ1v) is 7.24. The van der Waals surface area contributed by atoms with E-state index in [1.807, 2.05) is 54.6 Å². The second kappa shape index (κ2) is 4.78. The van der Waals surface area contributed by atoms with Crippen LogP contribution < -0.4 is 5.73 Å². The van der Waals surface area contributed by atoms with Gasteiger partial charge in [0.2, 0.25) is 0 Å².